The highest BCUT2D eigenvalue weighted by molar-refractivity contribution is 9.10. The lowest BCUT2D eigenvalue weighted by Gasteiger charge is -1.95. The largest absolute Gasteiger partial charge is 0.373 e. The predicted molar refractivity (Wildman–Crippen MR) is 45.4 cm³/mol. The van der Waals surface area contributed by atoms with E-state index in [4.69, 9.17) is 4.74 Å². The summed E-state index contributed by atoms with van der Waals surface area (Å²) < 4.78 is 5.99. The summed E-state index contributed by atoms with van der Waals surface area (Å²) in [5, 5.41) is 0. The number of hydrogen-bond donors (Lipinski definition) is 0. The van der Waals surface area contributed by atoms with Gasteiger partial charge in [-0.05, 0) is 27.6 Å². The van der Waals surface area contributed by atoms with Crippen LogP contribution in [0, 0.1) is 0 Å². The van der Waals surface area contributed by atoms with Gasteiger partial charge in [-0.15, -0.1) is 0 Å². The van der Waals surface area contributed by atoms with Gasteiger partial charge in [-0.25, -0.2) is 4.98 Å². The predicted octanol–water partition coefficient (Wildman–Crippen LogP) is 1.79. The molecular weight excluding hydrogens is 206 g/mol. The Morgan fingerprint density at radius 2 is 2.45 bits per heavy atom. The van der Waals surface area contributed by atoms with Gasteiger partial charge in [0.1, 0.15) is 4.60 Å². The van der Waals surface area contributed by atoms with E-state index in [-0.39, 0.29) is 0 Å². The molecule has 3 heteroatoms. The highest BCUT2D eigenvalue weighted by atomic mass is 79.9. The van der Waals surface area contributed by atoms with Crippen LogP contribution in [0.25, 0.3) is 0 Å². The number of halogens is 1. The molecule has 1 aromatic heterocycles. The molecule has 0 radical (unpaired) electrons. The van der Waals surface area contributed by atoms with Crippen molar-refractivity contribution in [1.82, 2.24) is 4.98 Å². The topological polar surface area (TPSA) is 25.4 Å². The minimum Gasteiger partial charge on any atom is -0.373 e. The summed E-state index contributed by atoms with van der Waals surface area (Å²) in [7, 11) is 0. The summed E-state index contributed by atoms with van der Waals surface area (Å²) in [6, 6.07) is 4.02. The Hall–Kier alpha value is -0.410. The van der Waals surface area contributed by atoms with Crippen molar-refractivity contribution in [3.63, 3.8) is 0 Å². The van der Waals surface area contributed by atoms with E-state index >= 15 is 0 Å². The maximum Gasteiger partial charge on any atom is 0.106 e. The number of aromatic nitrogens is 1. The Kier molecular flexibility index (Phi) is 1.92. The van der Waals surface area contributed by atoms with Gasteiger partial charge in [0.05, 0.1) is 12.7 Å². The molecule has 1 aliphatic rings. The van der Waals surface area contributed by atoms with Gasteiger partial charge in [-0.3, -0.25) is 0 Å². The Morgan fingerprint density at radius 1 is 1.64 bits per heavy atom. The summed E-state index contributed by atoms with van der Waals surface area (Å²) in [5.41, 5.74) is 1.25. The molecule has 11 heavy (non-hydrogen) atoms. The molecule has 0 N–H and O–H groups in total. The first-order valence-corrected chi connectivity index (χ1v) is 4.36. The quantitative estimate of drug-likeness (QED) is 0.553. The molecule has 1 fully saturated rings. The van der Waals surface area contributed by atoms with Gasteiger partial charge < -0.3 is 4.74 Å². The summed E-state index contributed by atoms with van der Waals surface area (Å²) >= 11 is 3.28. The first kappa shape index (κ1) is 7.25. The van der Waals surface area contributed by atoms with Crippen molar-refractivity contribution in [2.24, 2.45) is 0 Å². The van der Waals surface area contributed by atoms with Crippen molar-refractivity contribution < 1.29 is 4.74 Å². The standard InChI is InChI=1S/C8H8BrNO/c9-8-2-1-6(4-10-8)3-7-5-11-7/h1-2,4,7H,3,5H2. The number of pyridine rings is 1. The number of nitrogens with zero attached hydrogens (tertiary/aromatic N) is 1. The average Bonchev–Trinajstić information content (AvgIpc) is 2.78. The number of rotatable bonds is 2. The monoisotopic (exact) mass is 213 g/mol. The molecule has 0 spiro atoms. The van der Waals surface area contributed by atoms with Crippen LogP contribution in [-0.4, -0.2) is 17.7 Å². The third kappa shape index (κ3) is 2.01. The highest BCUT2D eigenvalue weighted by Crippen LogP contribution is 2.16. The second kappa shape index (κ2) is 2.91. The van der Waals surface area contributed by atoms with Gasteiger partial charge in [-0.1, -0.05) is 6.07 Å². The molecule has 0 aromatic carbocycles. The van der Waals surface area contributed by atoms with Crippen molar-refractivity contribution in [2.75, 3.05) is 6.61 Å². The Bertz CT molecular complexity index is 243. The average molecular weight is 214 g/mol. The van der Waals surface area contributed by atoms with Gasteiger partial charge in [0.2, 0.25) is 0 Å². The molecule has 1 aromatic rings. The van der Waals surface area contributed by atoms with Crippen LogP contribution in [-0.2, 0) is 11.2 Å². The Morgan fingerprint density at radius 3 is 3.00 bits per heavy atom. The molecule has 0 bridgehead atoms. The zero-order valence-corrected chi connectivity index (χ0v) is 7.54. The Balaban J connectivity index is 2.06. The van der Waals surface area contributed by atoms with Crippen molar-refractivity contribution in [2.45, 2.75) is 12.5 Å². The molecule has 1 unspecified atom stereocenters. The smallest absolute Gasteiger partial charge is 0.106 e. The van der Waals surface area contributed by atoms with Crippen LogP contribution in [0.5, 0.6) is 0 Å². The van der Waals surface area contributed by atoms with Gasteiger partial charge >= 0.3 is 0 Å². The second-order valence-corrected chi connectivity index (χ2v) is 3.46. The Labute approximate surface area is 73.7 Å². The fourth-order valence-electron chi connectivity index (χ4n) is 0.976. The number of epoxide rings is 1. The van der Waals surface area contributed by atoms with Crippen LogP contribution < -0.4 is 0 Å². The number of hydrogen-bond acceptors (Lipinski definition) is 2. The van der Waals surface area contributed by atoms with Crippen LogP contribution >= 0.6 is 15.9 Å². The maximum absolute atomic E-state index is 5.10. The lowest BCUT2D eigenvalue weighted by atomic mass is 10.2. The van der Waals surface area contributed by atoms with Crippen molar-refractivity contribution in [3.05, 3.63) is 28.5 Å². The van der Waals surface area contributed by atoms with E-state index in [0.717, 1.165) is 17.6 Å². The zero-order valence-electron chi connectivity index (χ0n) is 5.96. The first-order valence-electron chi connectivity index (χ1n) is 3.56. The van der Waals surface area contributed by atoms with Gasteiger partial charge in [0, 0.05) is 12.6 Å². The molecule has 2 rings (SSSR count). The fraction of sp³-hybridized carbons (Fsp3) is 0.375. The van der Waals surface area contributed by atoms with E-state index in [1.807, 2.05) is 12.3 Å². The van der Waals surface area contributed by atoms with Gasteiger partial charge in [-0.2, -0.15) is 0 Å². The van der Waals surface area contributed by atoms with E-state index in [1.165, 1.54) is 5.56 Å². The first-order chi connectivity index (χ1) is 5.34. The SMILES string of the molecule is Brc1ccc(CC2CO2)cn1. The third-order valence-corrected chi connectivity index (χ3v) is 2.12. The third-order valence-electron chi connectivity index (χ3n) is 1.65. The van der Waals surface area contributed by atoms with Crippen LogP contribution in [0.2, 0.25) is 0 Å². The zero-order chi connectivity index (χ0) is 7.68. The molecular formula is C8H8BrNO. The van der Waals surface area contributed by atoms with Gasteiger partial charge in [0.25, 0.3) is 0 Å². The summed E-state index contributed by atoms with van der Waals surface area (Å²) in [4.78, 5) is 4.12. The van der Waals surface area contributed by atoms with Gasteiger partial charge in [0.15, 0.2) is 0 Å². The molecule has 0 saturated carbocycles. The number of ether oxygens (including phenoxy) is 1. The molecule has 0 aliphatic carbocycles. The minimum absolute atomic E-state index is 0.456. The molecule has 1 atom stereocenters. The van der Waals surface area contributed by atoms with E-state index in [2.05, 4.69) is 27.0 Å². The normalized spacial score (nSPS) is 21.7. The molecule has 58 valence electrons. The summed E-state index contributed by atoms with van der Waals surface area (Å²) in [6.07, 6.45) is 3.34. The molecule has 2 heterocycles. The fourth-order valence-corrected chi connectivity index (χ4v) is 1.21. The maximum atomic E-state index is 5.10. The van der Waals surface area contributed by atoms with E-state index in [1.54, 1.807) is 0 Å². The van der Waals surface area contributed by atoms with Crippen LogP contribution in [0.15, 0.2) is 22.9 Å². The lowest BCUT2D eigenvalue weighted by molar-refractivity contribution is 0.407. The van der Waals surface area contributed by atoms with Crippen LogP contribution in [0.3, 0.4) is 0 Å². The van der Waals surface area contributed by atoms with Crippen LogP contribution in [0.4, 0.5) is 0 Å². The molecule has 1 aliphatic heterocycles. The molecule has 2 nitrogen and oxygen atoms in total. The lowest BCUT2D eigenvalue weighted by Crippen LogP contribution is -1.92. The van der Waals surface area contributed by atoms with E-state index in [0.29, 0.717) is 6.10 Å². The van der Waals surface area contributed by atoms with E-state index < -0.39 is 0 Å². The second-order valence-electron chi connectivity index (χ2n) is 2.65. The summed E-state index contributed by atoms with van der Waals surface area (Å²) in [6.45, 7) is 0.913. The van der Waals surface area contributed by atoms with Crippen molar-refractivity contribution in [1.29, 1.82) is 0 Å². The van der Waals surface area contributed by atoms with Crippen LogP contribution in [0.1, 0.15) is 5.56 Å². The van der Waals surface area contributed by atoms with Crippen molar-refractivity contribution >= 4 is 15.9 Å². The summed E-state index contributed by atoms with van der Waals surface area (Å²) in [5.74, 6) is 0. The minimum atomic E-state index is 0.456. The van der Waals surface area contributed by atoms with E-state index in [9.17, 15) is 0 Å². The van der Waals surface area contributed by atoms with Crippen molar-refractivity contribution in [3.8, 4) is 0 Å². The highest BCUT2D eigenvalue weighted by Gasteiger charge is 2.22. The molecule has 0 amide bonds. The molecule has 1 saturated heterocycles.